The first-order valence-corrected chi connectivity index (χ1v) is 14.1. The summed E-state index contributed by atoms with van der Waals surface area (Å²) in [6, 6.07) is 19.0. The van der Waals surface area contributed by atoms with Gasteiger partial charge in [-0.15, -0.1) is 11.3 Å². The number of hydrogen-bond donors (Lipinski definition) is 0. The van der Waals surface area contributed by atoms with Crippen molar-refractivity contribution in [1.82, 2.24) is 0 Å². The van der Waals surface area contributed by atoms with E-state index in [-0.39, 0.29) is 12.2 Å². The molecule has 2 aromatic carbocycles. The average molecular weight is 504 g/mol. The van der Waals surface area contributed by atoms with Crippen molar-refractivity contribution in [1.29, 1.82) is 0 Å². The number of anilines is 1. The van der Waals surface area contributed by atoms with Crippen LogP contribution >= 0.6 is 11.3 Å². The van der Waals surface area contributed by atoms with Crippen molar-refractivity contribution < 1.29 is 18.8 Å². The lowest BCUT2D eigenvalue weighted by molar-refractivity contribution is -0.945. The molecule has 2 bridgehead atoms. The zero-order chi connectivity index (χ0) is 24.5. The molecule has 1 aromatic heterocycles. The first kappa shape index (κ1) is 23.6. The van der Waals surface area contributed by atoms with Crippen molar-refractivity contribution in [2.75, 3.05) is 37.7 Å². The van der Waals surface area contributed by atoms with Gasteiger partial charge in [-0.2, -0.15) is 0 Å². The van der Waals surface area contributed by atoms with E-state index in [0.29, 0.717) is 12.5 Å². The van der Waals surface area contributed by atoms with Crippen LogP contribution < -0.4 is 9.64 Å². The fourth-order valence-electron chi connectivity index (χ4n) is 6.24. The predicted molar refractivity (Wildman–Crippen MR) is 144 cm³/mol. The molecule has 4 aliphatic rings. The highest BCUT2D eigenvalue weighted by Gasteiger charge is 2.47. The molecule has 0 radical (unpaired) electrons. The number of carbonyl (C=O) groups is 1. The third-order valence-electron chi connectivity index (χ3n) is 8.35. The SMILES string of the molecule is Cc1cccc(N(Cc2cccs2)C(=O)O[C@H]2C[N+]3(CCc4ccc5c(c4)CCO5)CCC2CC3)c1. The van der Waals surface area contributed by atoms with Crippen LogP contribution in [0.15, 0.2) is 60.0 Å². The number of amides is 1. The van der Waals surface area contributed by atoms with Crippen LogP contribution in [-0.2, 0) is 24.1 Å². The van der Waals surface area contributed by atoms with Gasteiger partial charge in [-0.3, -0.25) is 4.90 Å². The standard InChI is InChI=1S/C30H35N2O3S/c1-22-4-2-5-26(18-22)31(20-27-6-3-17-36-27)30(33)35-29-21-32(14-10-24(29)11-15-32)13-9-23-7-8-28-25(19-23)12-16-34-28/h2-8,17-19,24,29H,9-16,20-21H2,1H3/q+1/t24?,29-,32?/m0/s1. The van der Waals surface area contributed by atoms with Crippen molar-refractivity contribution >= 4 is 23.1 Å². The van der Waals surface area contributed by atoms with E-state index in [1.54, 1.807) is 11.3 Å². The fourth-order valence-corrected chi connectivity index (χ4v) is 6.93. The van der Waals surface area contributed by atoms with Crippen LogP contribution in [0.3, 0.4) is 0 Å². The summed E-state index contributed by atoms with van der Waals surface area (Å²) in [4.78, 5) is 16.6. The number of benzene rings is 2. The van der Waals surface area contributed by atoms with E-state index in [1.165, 1.54) is 24.2 Å². The summed E-state index contributed by atoms with van der Waals surface area (Å²) < 4.78 is 13.1. The number of thiophene rings is 1. The second-order valence-electron chi connectivity index (χ2n) is 10.7. The normalized spacial score (nSPS) is 24.2. The van der Waals surface area contributed by atoms with Crippen molar-refractivity contribution in [2.24, 2.45) is 5.92 Å². The minimum atomic E-state index is -0.218. The van der Waals surface area contributed by atoms with Crippen molar-refractivity contribution in [2.45, 2.75) is 45.3 Å². The van der Waals surface area contributed by atoms with Gasteiger partial charge < -0.3 is 14.0 Å². The van der Waals surface area contributed by atoms with Gasteiger partial charge in [0.1, 0.15) is 12.3 Å². The summed E-state index contributed by atoms with van der Waals surface area (Å²) in [6.07, 6.45) is 4.14. The zero-order valence-electron chi connectivity index (χ0n) is 21.0. The fraction of sp³-hybridized carbons (Fsp3) is 0.433. The van der Waals surface area contributed by atoms with Crippen LogP contribution in [0.4, 0.5) is 10.5 Å². The van der Waals surface area contributed by atoms with E-state index >= 15 is 0 Å². The van der Waals surface area contributed by atoms with Crippen LogP contribution in [0.1, 0.15) is 34.4 Å². The van der Waals surface area contributed by atoms with Gasteiger partial charge >= 0.3 is 6.09 Å². The minimum absolute atomic E-state index is 0.0101. The molecule has 0 N–H and O–H groups in total. The van der Waals surface area contributed by atoms with Crippen molar-refractivity contribution in [3.05, 3.63) is 81.5 Å². The van der Waals surface area contributed by atoms with Gasteiger partial charge in [-0.1, -0.05) is 30.3 Å². The van der Waals surface area contributed by atoms with E-state index < -0.39 is 0 Å². The third-order valence-corrected chi connectivity index (χ3v) is 9.21. The maximum atomic E-state index is 13.6. The molecule has 6 heteroatoms. The molecule has 3 fully saturated rings. The van der Waals surface area contributed by atoms with Gasteiger partial charge in [0.15, 0.2) is 6.10 Å². The Kier molecular flexibility index (Phi) is 6.48. The van der Waals surface area contributed by atoms with Crippen LogP contribution in [0.25, 0.3) is 0 Å². The van der Waals surface area contributed by atoms with E-state index in [1.807, 2.05) is 23.1 Å². The summed E-state index contributed by atoms with van der Waals surface area (Å²) in [6.45, 7) is 7.85. The molecule has 0 saturated carbocycles. The predicted octanol–water partition coefficient (Wildman–Crippen LogP) is 5.99. The first-order chi connectivity index (χ1) is 17.6. The lowest BCUT2D eigenvalue weighted by atomic mass is 9.83. The molecular formula is C30H35N2O3S+. The van der Waals surface area contributed by atoms with Crippen LogP contribution in [0.5, 0.6) is 5.75 Å². The first-order valence-electron chi connectivity index (χ1n) is 13.2. The Morgan fingerprint density at radius 2 is 2.03 bits per heavy atom. The summed E-state index contributed by atoms with van der Waals surface area (Å²) in [7, 11) is 0. The molecule has 1 atom stereocenters. The highest BCUT2D eigenvalue weighted by molar-refractivity contribution is 7.09. The number of hydrogen-bond acceptors (Lipinski definition) is 4. The molecule has 0 spiro atoms. The van der Waals surface area contributed by atoms with Crippen LogP contribution in [0.2, 0.25) is 0 Å². The summed E-state index contributed by atoms with van der Waals surface area (Å²) in [5.74, 6) is 1.53. The smallest absolute Gasteiger partial charge is 0.415 e. The number of ether oxygens (including phenoxy) is 2. The number of nitrogens with zero attached hydrogens (tertiary/aromatic N) is 2. The lowest BCUT2D eigenvalue weighted by Crippen LogP contribution is -2.65. The van der Waals surface area contributed by atoms with Gasteiger partial charge in [-0.25, -0.2) is 4.79 Å². The van der Waals surface area contributed by atoms with Crippen LogP contribution in [-0.4, -0.2) is 49.5 Å². The maximum Gasteiger partial charge on any atom is 0.415 e. The zero-order valence-corrected chi connectivity index (χ0v) is 21.8. The third kappa shape index (κ3) is 4.89. The number of carbonyl (C=O) groups excluding carboxylic acids is 1. The van der Waals surface area contributed by atoms with E-state index in [0.717, 1.165) is 71.7 Å². The number of quaternary nitrogens is 1. The Hall–Kier alpha value is -2.83. The van der Waals surface area contributed by atoms with Gasteiger partial charge in [0.25, 0.3) is 0 Å². The number of piperidine rings is 3. The van der Waals surface area contributed by atoms with E-state index in [4.69, 9.17) is 9.47 Å². The molecule has 1 amide bonds. The number of rotatable bonds is 7. The summed E-state index contributed by atoms with van der Waals surface area (Å²) in [5, 5.41) is 2.06. The maximum absolute atomic E-state index is 13.6. The molecule has 7 rings (SSSR count). The molecular weight excluding hydrogens is 468 g/mol. The number of aryl methyl sites for hydroxylation is 1. The second kappa shape index (κ2) is 9.91. The Labute approximate surface area is 217 Å². The average Bonchev–Trinajstić information content (AvgIpc) is 3.58. The molecule has 0 unspecified atom stereocenters. The molecule has 36 heavy (non-hydrogen) atoms. The Morgan fingerprint density at radius 1 is 1.14 bits per heavy atom. The molecule has 188 valence electrons. The Bertz CT molecular complexity index is 1220. The minimum Gasteiger partial charge on any atom is -0.493 e. The van der Waals surface area contributed by atoms with Crippen LogP contribution in [0, 0.1) is 12.8 Å². The molecule has 5 heterocycles. The Balaban J connectivity index is 1.15. The highest BCUT2D eigenvalue weighted by atomic mass is 32.1. The Morgan fingerprint density at radius 3 is 2.83 bits per heavy atom. The van der Waals surface area contributed by atoms with Crippen molar-refractivity contribution in [3.8, 4) is 5.75 Å². The summed E-state index contributed by atoms with van der Waals surface area (Å²) >= 11 is 1.68. The molecule has 0 aliphatic carbocycles. The van der Waals surface area contributed by atoms with Gasteiger partial charge in [0.2, 0.25) is 0 Å². The summed E-state index contributed by atoms with van der Waals surface area (Å²) in [5.41, 5.74) is 4.79. The lowest BCUT2D eigenvalue weighted by Gasteiger charge is -2.52. The molecule has 3 aromatic rings. The van der Waals surface area contributed by atoms with Gasteiger partial charge in [0, 0.05) is 42.2 Å². The quantitative estimate of drug-likeness (QED) is 0.372. The van der Waals surface area contributed by atoms with Crippen molar-refractivity contribution in [3.63, 3.8) is 0 Å². The van der Waals surface area contributed by atoms with Gasteiger partial charge in [0.05, 0.1) is 32.8 Å². The highest BCUT2D eigenvalue weighted by Crippen LogP contribution is 2.37. The van der Waals surface area contributed by atoms with E-state index in [2.05, 4.69) is 48.7 Å². The van der Waals surface area contributed by atoms with E-state index in [9.17, 15) is 4.79 Å². The number of fused-ring (bicyclic) bond motifs is 4. The molecule has 4 aliphatic heterocycles. The topological polar surface area (TPSA) is 38.8 Å². The molecule has 5 nitrogen and oxygen atoms in total. The van der Waals surface area contributed by atoms with Gasteiger partial charge in [-0.05, 0) is 53.3 Å². The largest absolute Gasteiger partial charge is 0.493 e. The molecule has 3 saturated heterocycles. The monoisotopic (exact) mass is 503 g/mol. The second-order valence-corrected chi connectivity index (χ2v) is 11.8.